The summed E-state index contributed by atoms with van der Waals surface area (Å²) in [6.45, 7) is 10.6. The molecule has 2 unspecified atom stereocenters. The molecular weight excluding hydrogens is 270 g/mol. The molecule has 2 atom stereocenters. The summed E-state index contributed by atoms with van der Waals surface area (Å²) in [5.41, 5.74) is 5.06. The molecular formula is C20H25NO. The van der Waals surface area contributed by atoms with Crippen molar-refractivity contribution in [2.75, 3.05) is 0 Å². The summed E-state index contributed by atoms with van der Waals surface area (Å²) in [7, 11) is 0. The Morgan fingerprint density at radius 3 is 2.77 bits per heavy atom. The number of hydrogen-bond acceptors (Lipinski definition) is 1. The smallest absolute Gasteiger partial charge is 0.227 e. The zero-order valence-corrected chi connectivity index (χ0v) is 13.8. The Balaban J connectivity index is 1.80. The first-order valence-corrected chi connectivity index (χ1v) is 8.16. The second-order valence-corrected chi connectivity index (χ2v) is 7.62. The molecule has 1 heterocycles. The van der Waals surface area contributed by atoms with Crippen molar-refractivity contribution in [2.24, 2.45) is 5.92 Å². The third-order valence-electron chi connectivity index (χ3n) is 4.86. The monoisotopic (exact) mass is 295 g/mol. The van der Waals surface area contributed by atoms with E-state index in [-0.39, 0.29) is 17.2 Å². The highest BCUT2D eigenvalue weighted by molar-refractivity contribution is 5.81. The SMILES string of the molecule is C=C1CCC(CC2C=Cc3ccc(C(C)(C)C)cc32)C(=O)N1. The van der Waals surface area contributed by atoms with Gasteiger partial charge in [-0.2, -0.15) is 0 Å². The van der Waals surface area contributed by atoms with Gasteiger partial charge in [0.1, 0.15) is 0 Å². The average molecular weight is 295 g/mol. The molecule has 0 radical (unpaired) electrons. The molecule has 0 saturated carbocycles. The molecule has 1 aromatic carbocycles. The molecule has 2 nitrogen and oxygen atoms in total. The lowest BCUT2D eigenvalue weighted by Gasteiger charge is -2.26. The molecule has 0 bridgehead atoms. The molecule has 116 valence electrons. The Morgan fingerprint density at radius 1 is 1.32 bits per heavy atom. The van der Waals surface area contributed by atoms with Crippen LogP contribution in [0.25, 0.3) is 6.08 Å². The molecule has 0 spiro atoms. The number of amides is 1. The summed E-state index contributed by atoms with van der Waals surface area (Å²) >= 11 is 0. The summed E-state index contributed by atoms with van der Waals surface area (Å²) in [5, 5.41) is 2.91. The van der Waals surface area contributed by atoms with Crippen LogP contribution in [0.4, 0.5) is 0 Å². The van der Waals surface area contributed by atoms with Gasteiger partial charge >= 0.3 is 0 Å². The zero-order valence-electron chi connectivity index (χ0n) is 13.8. The summed E-state index contributed by atoms with van der Waals surface area (Å²) in [6.07, 6.45) is 7.18. The number of nitrogens with one attached hydrogen (secondary N) is 1. The van der Waals surface area contributed by atoms with Gasteiger partial charge in [0.05, 0.1) is 0 Å². The predicted molar refractivity (Wildman–Crippen MR) is 91.5 cm³/mol. The van der Waals surface area contributed by atoms with Gasteiger partial charge in [0.2, 0.25) is 5.91 Å². The molecule has 1 N–H and O–H groups in total. The fraction of sp³-hybridized carbons (Fsp3) is 0.450. The normalized spacial score (nSPS) is 24.3. The fourth-order valence-electron chi connectivity index (χ4n) is 3.39. The van der Waals surface area contributed by atoms with E-state index in [0.29, 0.717) is 5.92 Å². The number of allylic oxidation sites excluding steroid dienone is 2. The van der Waals surface area contributed by atoms with Crippen LogP contribution in [0.5, 0.6) is 0 Å². The highest BCUT2D eigenvalue weighted by Gasteiger charge is 2.29. The third-order valence-corrected chi connectivity index (χ3v) is 4.86. The fourth-order valence-corrected chi connectivity index (χ4v) is 3.39. The Morgan fingerprint density at radius 2 is 2.09 bits per heavy atom. The van der Waals surface area contributed by atoms with Crippen molar-refractivity contribution < 1.29 is 4.79 Å². The molecule has 1 fully saturated rings. The van der Waals surface area contributed by atoms with Gasteiger partial charge in [-0.15, -0.1) is 0 Å². The van der Waals surface area contributed by atoms with Gasteiger partial charge in [-0.25, -0.2) is 0 Å². The highest BCUT2D eigenvalue weighted by Crippen LogP contribution is 2.38. The van der Waals surface area contributed by atoms with Gasteiger partial charge in [0.25, 0.3) is 0 Å². The van der Waals surface area contributed by atoms with Gasteiger partial charge in [0.15, 0.2) is 0 Å². The van der Waals surface area contributed by atoms with E-state index in [1.54, 1.807) is 0 Å². The number of carbonyl (C=O) groups is 1. The Bertz CT molecular complexity index is 648. The van der Waals surface area contributed by atoms with Gasteiger partial charge in [-0.3, -0.25) is 4.79 Å². The van der Waals surface area contributed by atoms with Crippen LogP contribution in [-0.2, 0) is 10.2 Å². The van der Waals surface area contributed by atoms with Crippen molar-refractivity contribution in [3.05, 3.63) is 53.2 Å². The molecule has 0 aromatic heterocycles. The molecule has 2 aliphatic rings. The quantitative estimate of drug-likeness (QED) is 0.853. The van der Waals surface area contributed by atoms with Crippen LogP contribution in [0.15, 0.2) is 36.6 Å². The minimum atomic E-state index is 0.101. The lowest BCUT2D eigenvalue weighted by atomic mass is 9.81. The molecule has 1 amide bonds. The summed E-state index contributed by atoms with van der Waals surface area (Å²) < 4.78 is 0. The zero-order chi connectivity index (χ0) is 15.9. The Hall–Kier alpha value is -1.83. The van der Waals surface area contributed by atoms with E-state index < -0.39 is 0 Å². The van der Waals surface area contributed by atoms with Crippen LogP contribution in [0.2, 0.25) is 0 Å². The summed E-state index contributed by atoms with van der Waals surface area (Å²) in [6, 6.07) is 6.78. The first kappa shape index (κ1) is 15.1. The molecule has 1 aromatic rings. The van der Waals surface area contributed by atoms with Crippen molar-refractivity contribution in [1.82, 2.24) is 5.32 Å². The van der Waals surface area contributed by atoms with E-state index in [0.717, 1.165) is 25.0 Å². The summed E-state index contributed by atoms with van der Waals surface area (Å²) in [4.78, 5) is 12.1. The van der Waals surface area contributed by atoms with E-state index in [1.807, 2.05) is 0 Å². The van der Waals surface area contributed by atoms with E-state index in [1.165, 1.54) is 16.7 Å². The van der Waals surface area contributed by atoms with Crippen molar-refractivity contribution in [3.8, 4) is 0 Å². The van der Waals surface area contributed by atoms with E-state index in [9.17, 15) is 4.79 Å². The van der Waals surface area contributed by atoms with Gasteiger partial charge < -0.3 is 5.32 Å². The van der Waals surface area contributed by atoms with E-state index >= 15 is 0 Å². The number of fused-ring (bicyclic) bond motifs is 1. The maximum atomic E-state index is 12.1. The van der Waals surface area contributed by atoms with Crippen LogP contribution < -0.4 is 5.32 Å². The Labute approximate surface area is 133 Å². The van der Waals surface area contributed by atoms with Crippen LogP contribution in [0.1, 0.15) is 62.6 Å². The number of benzene rings is 1. The van der Waals surface area contributed by atoms with E-state index in [2.05, 4.69) is 63.0 Å². The van der Waals surface area contributed by atoms with Crippen LogP contribution >= 0.6 is 0 Å². The van der Waals surface area contributed by atoms with Crippen molar-refractivity contribution >= 4 is 12.0 Å². The Kier molecular flexibility index (Phi) is 3.72. The van der Waals surface area contributed by atoms with Crippen molar-refractivity contribution in [2.45, 2.75) is 51.4 Å². The topological polar surface area (TPSA) is 29.1 Å². The minimum Gasteiger partial charge on any atom is -0.330 e. The molecule has 22 heavy (non-hydrogen) atoms. The van der Waals surface area contributed by atoms with Crippen molar-refractivity contribution in [1.29, 1.82) is 0 Å². The third kappa shape index (κ3) is 2.87. The largest absolute Gasteiger partial charge is 0.330 e. The average Bonchev–Trinajstić information content (AvgIpc) is 2.83. The first-order valence-electron chi connectivity index (χ1n) is 8.16. The van der Waals surface area contributed by atoms with Crippen LogP contribution in [0.3, 0.4) is 0 Å². The predicted octanol–water partition coefficient (Wildman–Crippen LogP) is 4.52. The molecule has 2 heteroatoms. The maximum Gasteiger partial charge on any atom is 0.227 e. The number of carbonyl (C=O) groups excluding carboxylic acids is 1. The molecule has 1 saturated heterocycles. The molecule has 1 aliphatic carbocycles. The maximum absolute atomic E-state index is 12.1. The standard InChI is InChI=1S/C20H25NO/c1-13-5-6-16(19(22)21-13)11-15-8-7-14-9-10-17(12-18(14)15)20(2,3)4/h7-10,12,15-16H,1,5-6,11H2,2-4H3,(H,21,22). The highest BCUT2D eigenvalue weighted by atomic mass is 16.1. The number of piperidine rings is 1. The lowest BCUT2D eigenvalue weighted by molar-refractivity contribution is -0.125. The van der Waals surface area contributed by atoms with Crippen molar-refractivity contribution in [3.63, 3.8) is 0 Å². The summed E-state index contributed by atoms with van der Waals surface area (Å²) in [5.74, 6) is 0.605. The number of hydrogen-bond donors (Lipinski definition) is 1. The van der Waals surface area contributed by atoms with Gasteiger partial charge in [-0.05, 0) is 41.4 Å². The van der Waals surface area contributed by atoms with Crippen LogP contribution in [0, 0.1) is 5.92 Å². The molecule has 1 aliphatic heterocycles. The molecule has 3 rings (SSSR count). The first-order chi connectivity index (χ1) is 10.3. The number of rotatable bonds is 2. The second kappa shape index (κ2) is 5.42. The van der Waals surface area contributed by atoms with Gasteiger partial charge in [-0.1, -0.05) is 57.7 Å². The lowest BCUT2D eigenvalue weighted by Crippen LogP contribution is -2.35. The van der Waals surface area contributed by atoms with Gasteiger partial charge in [0, 0.05) is 17.5 Å². The second-order valence-electron chi connectivity index (χ2n) is 7.62. The van der Waals surface area contributed by atoms with E-state index in [4.69, 9.17) is 0 Å². The minimum absolute atomic E-state index is 0.101. The van der Waals surface area contributed by atoms with Crippen LogP contribution in [-0.4, -0.2) is 5.91 Å².